The van der Waals surface area contributed by atoms with Crippen LogP contribution in [0.3, 0.4) is 0 Å². The highest BCUT2D eigenvalue weighted by Gasteiger charge is 2.22. The number of thiophene rings is 1. The summed E-state index contributed by atoms with van der Waals surface area (Å²) in [6.07, 6.45) is 2.53. The first-order chi connectivity index (χ1) is 8.69. The molecular formula is C13H18BrNO2S. The minimum Gasteiger partial charge on any atom is -0.377 e. The van der Waals surface area contributed by atoms with Gasteiger partial charge < -0.3 is 4.74 Å². The summed E-state index contributed by atoms with van der Waals surface area (Å²) in [4.78, 5) is 15.1. The van der Waals surface area contributed by atoms with Gasteiger partial charge in [-0.05, 0) is 54.4 Å². The third-order valence-electron chi connectivity index (χ3n) is 3.08. The van der Waals surface area contributed by atoms with E-state index in [0.29, 0.717) is 12.6 Å². The van der Waals surface area contributed by atoms with Crippen molar-refractivity contribution in [3.05, 3.63) is 20.8 Å². The van der Waals surface area contributed by atoms with Gasteiger partial charge in [0.25, 0.3) is 0 Å². The molecule has 0 spiro atoms. The van der Waals surface area contributed by atoms with Crippen molar-refractivity contribution in [1.29, 1.82) is 0 Å². The van der Waals surface area contributed by atoms with Crippen LogP contribution in [-0.4, -0.2) is 43.0 Å². The first-order valence-electron chi connectivity index (χ1n) is 6.31. The summed E-state index contributed by atoms with van der Waals surface area (Å²) >= 11 is 4.89. The van der Waals surface area contributed by atoms with Gasteiger partial charge in [0.2, 0.25) is 0 Å². The summed E-state index contributed by atoms with van der Waals surface area (Å²) in [6, 6.07) is 3.82. The molecule has 1 aromatic heterocycles. The second kappa shape index (κ2) is 6.80. The van der Waals surface area contributed by atoms with Crippen LogP contribution in [0, 0.1) is 0 Å². The van der Waals surface area contributed by atoms with E-state index < -0.39 is 0 Å². The standard InChI is InChI=1S/C13H18BrNO2S/c1-2-17-10-4-3-7-15(8-10)9-11(16)12-5-6-13(14)18-12/h5-6,10H,2-4,7-9H2,1H3. The van der Waals surface area contributed by atoms with Gasteiger partial charge in [0, 0.05) is 13.2 Å². The molecule has 1 aromatic rings. The summed E-state index contributed by atoms with van der Waals surface area (Å²) in [5.41, 5.74) is 0. The molecular weight excluding hydrogens is 314 g/mol. The lowest BCUT2D eigenvalue weighted by Gasteiger charge is -2.31. The van der Waals surface area contributed by atoms with Crippen LogP contribution in [0.4, 0.5) is 0 Å². The fraction of sp³-hybridized carbons (Fsp3) is 0.615. The maximum absolute atomic E-state index is 12.1. The zero-order valence-corrected chi connectivity index (χ0v) is 12.9. The average Bonchev–Trinajstić information content (AvgIpc) is 2.77. The second-order valence-electron chi connectivity index (χ2n) is 4.48. The molecule has 18 heavy (non-hydrogen) atoms. The van der Waals surface area contributed by atoms with E-state index in [-0.39, 0.29) is 5.78 Å². The van der Waals surface area contributed by atoms with Gasteiger partial charge in [-0.3, -0.25) is 9.69 Å². The second-order valence-corrected chi connectivity index (χ2v) is 6.94. The maximum Gasteiger partial charge on any atom is 0.186 e. The summed E-state index contributed by atoms with van der Waals surface area (Å²) in [7, 11) is 0. The Morgan fingerprint density at radius 2 is 2.44 bits per heavy atom. The van der Waals surface area contributed by atoms with E-state index in [1.807, 2.05) is 19.1 Å². The Morgan fingerprint density at radius 1 is 1.61 bits per heavy atom. The fourth-order valence-electron chi connectivity index (χ4n) is 2.27. The van der Waals surface area contributed by atoms with Crippen LogP contribution in [0.2, 0.25) is 0 Å². The highest BCUT2D eigenvalue weighted by Crippen LogP contribution is 2.23. The van der Waals surface area contributed by atoms with Crippen molar-refractivity contribution < 1.29 is 9.53 Å². The Bertz CT molecular complexity index is 405. The molecule has 0 bridgehead atoms. The number of ether oxygens (including phenoxy) is 1. The number of nitrogens with zero attached hydrogens (tertiary/aromatic N) is 1. The highest BCUT2D eigenvalue weighted by molar-refractivity contribution is 9.11. The number of hydrogen-bond donors (Lipinski definition) is 0. The number of carbonyl (C=O) groups excluding carboxylic acids is 1. The lowest BCUT2D eigenvalue weighted by Crippen LogP contribution is -2.42. The maximum atomic E-state index is 12.1. The van der Waals surface area contributed by atoms with Gasteiger partial charge in [0.1, 0.15) is 0 Å². The Labute approximate surface area is 120 Å². The van der Waals surface area contributed by atoms with Gasteiger partial charge in [-0.1, -0.05) is 0 Å². The lowest BCUT2D eigenvalue weighted by atomic mass is 10.1. The molecule has 0 amide bonds. The van der Waals surface area contributed by atoms with Gasteiger partial charge in [0.15, 0.2) is 5.78 Å². The normalized spacial score (nSPS) is 21.1. The molecule has 3 nitrogen and oxygen atoms in total. The number of hydrogen-bond acceptors (Lipinski definition) is 4. The number of Topliss-reactive ketones (excluding diaryl/α,β-unsaturated/α-hetero) is 1. The number of carbonyl (C=O) groups is 1. The number of halogens is 1. The van der Waals surface area contributed by atoms with E-state index in [4.69, 9.17) is 4.74 Å². The van der Waals surface area contributed by atoms with Crippen molar-refractivity contribution in [3.8, 4) is 0 Å². The Hall–Kier alpha value is -0.230. The monoisotopic (exact) mass is 331 g/mol. The van der Waals surface area contributed by atoms with E-state index in [9.17, 15) is 4.79 Å². The van der Waals surface area contributed by atoms with Crippen LogP contribution in [0.1, 0.15) is 29.4 Å². The topological polar surface area (TPSA) is 29.5 Å². The number of ketones is 1. The lowest BCUT2D eigenvalue weighted by molar-refractivity contribution is 0.00722. The Balaban J connectivity index is 1.87. The quantitative estimate of drug-likeness (QED) is 0.776. The zero-order valence-electron chi connectivity index (χ0n) is 10.5. The number of rotatable bonds is 5. The van der Waals surface area contributed by atoms with Gasteiger partial charge in [0.05, 0.1) is 21.3 Å². The molecule has 0 aromatic carbocycles. The largest absolute Gasteiger partial charge is 0.377 e. The molecule has 0 aliphatic carbocycles. The van der Waals surface area contributed by atoms with Crippen molar-refractivity contribution in [2.75, 3.05) is 26.2 Å². The van der Waals surface area contributed by atoms with Crippen molar-refractivity contribution >= 4 is 33.0 Å². The molecule has 1 atom stereocenters. The van der Waals surface area contributed by atoms with E-state index in [1.165, 1.54) is 11.3 Å². The van der Waals surface area contributed by atoms with E-state index in [1.54, 1.807) is 0 Å². The van der Waals surface area contributed by atoms with Crippen LogP contribution in [-0.2, 0) is 4.74 Å². The summed E-state index contributed by atoms with van der Waals surface area (Å²) in [5.74, 6) is 0.211. The molecule has 0 N–H and O–H groups in total. The average molecular weight is 332 g/mol. The van der Waals surface area contributed by atoms with Crippen molar-refractivity contribution in [2.45, 2.75) is 25.9 Å². The van der Waals surface area contributed by atoms with Crippen molar-refractivity contribution in [3.63, 3.8) is 0 Å². The molecule has 100 valence electrons. The van der Waals surface area contributed by atoms with E-state index >= 15 is 0 Å². The van der Waals surface area contributed by atoms with Crippen LogP contribution >= 0.6 is 27.3 Å². The van der Waals surface area contributed by atoms with Crippen molar-refractivity contribution in [1.82, 2.24) is 4.90 Å². The number of likely N-dealkylation sites (tertiary alicyclic amines) is 1. The fourth-order valence-corrected chi connectivity index (χ4v) is 3.59. The minimum atomic E-state index is 0.211. The molecule has 5 heteroatoms. The van der Waals surface area contributed by atoms with E-state index in [2.05, 4.69) is 20.8 Å². The minimum absolute atomic E-state index is 0.211. The Morgan fingerprint density at radius 3 is 3.11 bits per heavy atom. The van der Waals surface area contributed by atoms with Crippen LogP contribution in [0.5, 0.6) is 0 Å². The van der Waals surface area contributed by atoms with Crippen LogP contribution in [0.25, 0.3) is 0 Å². The Kier molecular flexibility index (Phi) is 5.36. The SMILES string of the molecule is CCOC1CCCN(CC(=O)c2ccc(Br)s2)C1. The predicted octanol–water partition coefficient (Wildman–Crippen LogP) is 3.19. The molecule has 1 saturated heterocycles. The number of piperidine rings is 1. The molecule has 0 radical (unpaired) electrons. The van der Waals surface area contributed by atoms with Crippen LogP contribution < -0.4 is 0 Å². The first kappa shape index (κ1) is 14.2. The zero-order chi connectivity index (χ0) is 13.0. The van der Waals surface area contributed by atoms with Crippen LogP contribution in [0.15, 0.2) is 15.9 Å². The van der Waals surface area contributed by atoms with Gasteiger partial charge in [-0.25, -0.2) is 0 Å². The molecule has 2 rings (SSSR count). The van der Waals surface area contributed by atoms with Gasteiger partial charge in [-0.15, -0.1) is 11.3 Å². The summed E-state index contributed by atoms with van der Waals surface area (Å²) in [6.45, 7) is 5.17. The van der Waals surface area contributed by atoms with Gasteiger partial charge >= 0.3 is 0 Å². The summed E-state index contributed by atoms with van der Waals surface area (Å²) < 4.78 is 6.66. The third kappa shape index (κ3) is 3.88. The first-order valence-corrected chi connectivity index (χ1v) is 7.92. The molecule has 2 heterocycles. The highest BCUT2D eigenvalue weighted by atomic mass is 79.9. The molecule has 1 unspecified atom stereocenters. The summed E-state index contributed by atoms with van der Waals surface area (Å²) in [5, 5.41) is 0. The molecule has 1 fully saturated rings. The van der Waals surface area contributed by atoms with E-state index in [0.717, 1.165) is 41.2 Å². The predicted molar refractivity (Wildman–Crippen MR) is 77.4 cm³/mol. The smallest absolute Gasteiger partial charge is 0.186 e. The molecule has 1 aliphatic heterocycles. The van der Waals surface area contributed by atoms with Crippen molar-refractivity contribution in [2.24, 2.45) is 0 Å². The van der Waals surface area contributed by atoms with Gasteiger partial charge in [-0.2, -0.15) is 0 Å². The third-order valence-corrected chi connectivity index (χ3v) is 4.74. The molecule has 0 saturated carbocycles. The molecule has 1 aliphatic rings.